The van der Waals surface area contributed by atoms with E-state index in [0.717, 1.165) is 16.8 Å². The van der Waals surface area contributed by atoms with Gasteiger partial charge in [-0.1, -0.05) is 60.7 Å². The van der Waals surface area contributed by atoms with Crippen LogP contribution in [0.5, 0.6) is 0 Å². The molecule has 3 aromatic rings. The summed E-state index contributed by atoms with van der Waals surface area (Å²) in [5, 5.41) is 4.15. The minimum atomic E-state index is -0.0770. The third kappa shape index (κ3) is 2.63. The first-order valence-electron chi connectivity index (χ1n) is 6.92. The van der Waals surface area contributed by atoms with E-state index in [-0.39, 0.29) is 11.8 Å². The summed E-state index contributed by atoms with van der Waals surface area (Å²) in [5.41, 5.74) is 3.18. The Hall–Kier alpha value is -2.68. The van der Waals surface area contributed by atoms with Crippen LogP contribution in [-0.4, -0.2) is 15.7 Å². The maximum atomic E-state index is 11.8. The van der Waals surface area contributed by atoms with Crippen LogP contribution < -0.4 is 0 Å². The Morgan fingerprint density at radius 3 is 1.90 bits per heavy atom. The zero-order valence-corrected chi connectivity index (χ0v) is 11.8. The van der Waals surface area contributed by atoms with Gasteiger partial charge in [-0.25, -0.2) is 4.68 Å². The van der Waals surface area contributed by atoms with E-state index in [9.17, 15) is 4.79 Å². The summed E-state index contributed by atoms with van der Waals surface area (Å²) in [7, 11) is 0. The summed E-state index contributed by atoms with van der Waals surface area (Å²) in [6, 6.07) is 22.3. The van der Waals surface area contributed by atoms with Crippen LogP contribution in [0.15, 0.2) is 72.9 Å². The minimum Gasteiger partial charge on any atom is -0.273 e. The molecule has 0 N–H and O–H groups in total. The van der Waals surface area contributed by atoms with E-state index in [2.05, 4.69) is 29.4 Å². The third-order valence-electron chi connectivity index (χ3n) is 3.53. The molecule has 0 atom stereocenters. The minimum absolute atomic E-state index is 0.00111. The molecule has 0 unspecified atom stereocenters. The molecule has 3 nitrogen and oxygen atoms in total. The van der Waals surface area contributed by atoms with Gasteiger partial charge in [-0.05, 0) is 17.2 Å². The van der Waals surface area contributed by atoms with Gasteiger partial charge < -0.3 is 0 Å². The number of benzene rings is 2. The van der Waals surface area contributed by atoms with E-state index in [4.69, 9.17) is 0 Å². The predicted octanol–water partition coefficient (Wildman–Crippen LogP) is 3.72. The van der Waals surface area contributed by atoms with E-state index in [0.29, 0.717) is 0 Å². The summed E-state index contributed by atoms with van der Waals surface area (Å²) in [5.74, 6) is -0.0781. The molecule has 0 aliphatic heterocycles. The number of hydrogen-bond acceptors (Lipinski definition) is 2. The first kappa shape index (κ1) is 13.3. The summed E-state index contributed by atoms with van der Waals surface area (Å²) in [4.78, 5) is 11.8. The lowest BCUT2D eigenvalue weighted by atomic mass is 9.88. The summed E-state index contributed by atoms with van der Waals surface area (Å²) in [6.45, 7) is 1.53. The molecule has 3 heteroatoms. The monoisotopic (exact) mass is 276 g/mol. The molecule has 0 aliphatic carbocycles. The van der Waals surface area contributed by atoms with Crippen molar-refractivity contribution >= 4 is 5.91 Å². The number of rotatable bonds is 3. The van der Waals surface area contributed by atoms with Gasteiger partial charge in [0.25, 0.3) is 0 Å². The van der Waals surface area contributed by atoms with Crippen molar-refractivity contribution in [1.82, 2.24) is 9.78 Å². The highest BCUT2D eigenvalue weighted by Crippen LogP contribution is 2.31. The second-order valence-corrected chi connectivity index (χ2v) is 4.94. The first-order chi connectivity index (χ1) is 10.3. The fraction of sp³-hybridized carbons (Fsp3) is 0.111. The number of hydrogen-bond donors (Lipinski definition) is 0. The zero-order valence-electron chi connectivity index (χ0n) is 11.8. The van der Waals surface area contributed by atoms with Gasteiger partial charge in [0, 0.05) is 13.1 Å². The van der Waals surface area contributed by atoms with Gasteiger partial charge in [0.15, 0.2) is 0 Å². The lowest BCUT2D eigenvalue weighted by molar-refractivity contribution is 0.0917. The average molecular weight is 276 g/mol. The summed E-state index contributed by atoms with van der Waals surface area (Å²) >= 11 is 0. The van der Waals surface area contributed by atoms with Gasteiger partial charge in [-0.15, -0.1) is 0 Å². The second-order valence-electron chi connectivity index (χ2n) is 4.94. The smallest absolute Gasteiger partial charge is 0.243 e. The van der Waals surface area contributed by atoms with Crippen LogP contribution in [0.3, 0.4) is 0 Å². The van der Waals surface area contributed by atoms with Crippen LogP contribution in [0.1, 0.15) is 34.5 Å². The Kier molecular flexibility index (Phi) is 3.65. The van der Waals surface area contributed by atoms with E-state index >= 15 is 0 Å². The highest BCUT2D eigenvalue weighted by Gasteiger charge is 2.21. The van der Waals surface area contributed by atoms with E-state index < -0.39 is 0 Å². The van der Waals surface area contributed by atoms with Gasteiger partial charge in [-0.3, -0.25) is 4.79 Å². The maximum Gasteiger partial charge on any atom is 0.243 e. The topological polar surface area (TPSA) is 34.9 Å². The Balaban J connectivity index is 2.18. The van der Waals surface area contributed by atoms with Crippen molar-refractivity contribution in [2.75, 3.05) is 0 Å². The molecule has 0 spiro atoms. The third-order valence-corrected chi connectivity index (χ3v) is 3.53. The normalized spacial score (nSPS) is 10.8. The summed E-state index contributed by atoms with van der Waals surface area (Å²) < 4.78 is 1.48. The molecule has 0 saturated heterocycles. The maximum absolute atomic E-state index is 11.8. The molecule has 0 aliphatic rings. The Bertz CT molecular complexity index is 693. The highest BCUT2D eigenvalue weighted by molar-refractivity contribution is 5.76. The van der Waals surface area contributed by atoms with Gasteiger partial charge in [-0.2, -0.15) is 5.10 Å². The van der Waals surface area contributed by atoms with Gasteiger partial charge in [0.1, 0.15) is 0 Å². The molecule has 0 bridgehead atoms. The lowest BCUT2D eigenvalue weighted by Crippen LogP contribution is -2.16. The lowest BCUT2D eigenvalue weighted by Gasteiger charge is -2.18. The average Bonchev–Trinajstić information content (AvgIpc) is 2.99. The Labute approximate surface area is 123 Å². The van der Waals surface area contributed by atoms with Gasteiger partial charge in [0.05, 0.1) is 11.6 Å². The standard InChI is InChI=1S/C18H16N2O/c1-14(21)20-17(12-13-19-20)18(15-8-4-2-5-9-15)16-10-6-3-7-11-16/h2-13,18H,1H3. The molecule has 104 valence electrons. The molecule has 21 heavy (non-hydrogen) atoms. The van der Waals surface area contributed by atoms with Crippen molar-refractivity contribution in [1.29, 1.82) is 0 Å². The van der Waals surface area contributed by atoms with Crippen molar-refractivity contribution in [3.05, 3.63) is 89.7 Å². The molecular formula is C18H16N2O. The summed E-state index contributed by atoms with van der Waals surface area (Å²) in [6.07, 6.45) is 1.68. The van der Waals surface area contributed by atoms with E-state index in [1.165, 1.54) is 11.6 Å². The molecule has 1 aromatic heterocycles. The van der Waals surface area contributed by atoms with Crippen LogP contribution >= 0.6 is 0 Å². The SMILES string of the molecule is CC(=O)n1nccc1C(c1ccccc1)c1ccccc1. The van der Waals surface area contributed by atoms with Crippen LogP contribution in [0, 0.1) is 0 Å². The second kappa shape index (κ2) is 5.75. The van der Waals surface area contributed by atoms with Gasteiger partial charge >= 0.3 is 0 Å². The van der Waals surface area contributed by atoms with Crippen LogP contribution in [-0.2, 0) is 0 Å². The predicted molar refractivity (Wildman–Crippen MR) is 82.4 cm³/mol. The van der Waals surface area contributed by atoms with E-state index in [1.807, 2.05) is 42.5 Å². The van der Waals surface area contributed by atoms with Crippen LogP contribution in [0.4, 0.5) is 0 Å². The number of carbonyl (C=O) groups excluding carboxylic acids is 1. The van der Waals surface area contributed by atoms with Crippen molar-refractivity contribution in [3.8, 4) is 0 Å². The van der Waals surface area contributed by atoms with Crippen molar-refractivity contribution in [3.63, 3.8) is 0 Å². The largest absolute Gasteiger partial charge is 0.273 e. The molecule has 2 aromatic carbocycles. The van der Waals surface area contributed by atoms with Crippen LogP contribution in [0.25, 0.3) is 0 Å². The molecule has 0 saturated carbocycles. The highest BCUT2D eigenvalue weighted by atomic mass is 16.2. The molecule has 0 radical (unpaired) electrons. The quantitative estimate of drug-likeness (QED) is 0.730. The molecular weight excluding hydrogens is 260 g/mol. The zero-order chi connectivity index (χ0) is 14.7. The first-order valence-corrected chi connectivity index (χ1v) is 6.92. The van der Waals surface area contributed by atoms with Crippen molar-refractivity contribution in [2.45, 2.75) is 12.8 Å². The fourth-order valence-corrected chi connectivity index (χ4v) is 2.62. The Morgan fingerprint density at radius 2 is 1.43 bits per heavy atom. The number of aromatic nitrogens is 2. The molecule has 3 rings (SSSR count). The van der Waals surface area contributed by atoms with Gasteiger partial charge in [0.2, 0.25) is 5.91 Å². The molecule has 0 amide bonds. The number of carbonyl (C=O) groups is 1. The molecule has 0 fully saturated rings. The van der Waals surface area contributed by atoms with Crippen molar-refractivity contribution in [2.24, 2.45) is 0 Å². The Morgan fingerprint density at radius 1 is 0.905 bits per heavy atom. The number of nitrogens with zero attached hydrogens (tertiary/aromatic N) is 2. The van der Waals surface area contributed by atoms with Crippen molar-refractivity contribution < 1.29 is 4.79 Å². The molecule has 1 heterocycles. The van der Waals surface area contributed by atoms with E-state index in [1.54, 1.807) is 6.20 Å². The fourth-order valence-electron chi connectivity index (χ4n) is 2.62. The van der Waals surface area contributed by atoms with Crippen LogP contribution in [0.2, 0.25) is 0 Å².